The average molecular weight is 454 g/mol. The highest BCUT2D eigenvalue weighted by atomic mass is 79.9. The van der Waals surface area contributed by atoms with Crippen LogP contribution >= 0.6 is 15.9 Å². The third kappa shape index (κ3) is 4.05. The van der Waals surface area contributed by atoms with Crippen LogP contribution < -0.4 is 10.2 Å². The van der Waals surface area contributed by atoms with Gasteiger partial charge in [-0.25, -0.2) is 9.78 Å². The molecule has 1 amide bonds. The molecule has 8 nitrogen and oxygen atoms in total. The highest BCUT2D eigenvalue weighted by Gasteiger charge is 2.38. The molecule has 3 heterocycles. The smallest absolute Gasteiger partial charge is 0.408 e. The van der Waals surface area contributed by atoms with Gasteiger partial charge in [-0.05, 0) is 50.0 Å². The van der Waals surface area contributed by atoms with Crippen molar-refractivity contribution in [3.63, 3.8) is 0 Å². The van der Waals surface area contributed by atoms with Gasteiger partial charge in [0.15, 0.2) is 0 Å². The number of hydrogen-bond acceptors (Lipinski definition) is 5. The number of aliphatic hydroxyl groups excluding tert-OH is 1. The first-order valence-corrected chi connectivity index (χ1v) is 10.2. The van der Waals surface area contributed by atoms with E-state index in [2.05, 4.69) is 36.1 Å². The van der Waals surface area contributed by atoms with E-state index in [1.54, 1.807) is 18.0 Å². The number of halogens is 1. The van der Waals surface area contributed by atoms with E-state index in [1.807, 2.05) is 27.0 Å². The molecule has 2 aromatic rings. The van der Waals surface area contributed by atoms with Crippen LogP contribution in [-0.4, -0.2) is 68.5 Å². The number of fused-ring (bicyclic) bond motifs is 1. The predicted octanol–water partition coefficient (Wildman–Crippen LogP) is 3.48. The van der Waals surface area contributed by atoms with Crippen molar-refractivity contribution in [3.8, 4) is 0 Å². The maximum atomic E-state index is 11.9. The minimum atomic E-state index is -0.890. The van der Waals surface area contributed by atoms with Crippen molar-refractivity contribution in [3.05, 3.63) is 16.9 Å². The van der Waals surface area contributed by atoms with E-state index in [4.69, 9.17) is 0 Å². The van der Waals surface area contributed by atoms with Gasteiger partial charge in [0.05, 0.1) is 33.4 Å². The van der Waals surface area contributed by atoms with E-state index in [-0.39, 0.29) is 6.04 Å². The van der Waals surface area contributed by atoms with E-state index in [0.717, 1.165) is 39.8 Å². The van der Waals surface area contributed by atoms with Gasteiger partial charge in [0.2, 0.25) is 0 Å². The number of nitrogens with zero attached hydrogens (tertiary/aromatic N) is 3. The molecule has 1 fully saturated rings. The predicted molar refractivity (Wildman–Crippen MR) is 114 cm³/mol. The Labute approximate surface area is 173 Å². The minimum Gasteiger partial charge on any atom is -0.465 e. The van der Waals surface area contributed by atoms with Gasteiger partial charge in [-0.2, -0.15) is 0 Å². The molecule has 0 aromatic carbocycles. The third-order valence-corrected chi connectivity index (χ3v) is 5.57. The van der Waals surface area contributed by atoms with E-state index in [0.29, 0.717) is 13.1 Å². The third-order valence-electron chi connectivity index (χ3n) is 4.99. The minimum absolute atomic E-state index is 0.0829. The topological polar surface area (TPSA) is 105 Å². The fraction of sp³-hybridized carbons (Fsp3) is 0.579. The molecule has 0 aliphatic carbocycles. The number of aliphatic hydroxyl groups is 1. The zero-order valence-electron chi connectivity index (χ0n) is 16.7. The van der Waals surface area contributed by atoms with Crippen LogP contribution in [0, 0.1) is 0 Å². The number of H-pyrrole nitrogens is 1. The summed E-state index contributed by atoms with van der Waals surface area (Å²) in [4.78, 5) is 23.3. The summed E-state index contributed by atoms with van der Waals surface area (Å²) >= 11 is 3.63. The molecule has 0 unspecified atom stereocenters. The van der Waals surface area contributed by atoms with Crippen LogP contribution in [0.4, 0.5) is 16.2 Å². The van der Waals surface area contributed by atoms with Crippen molar-refractivity contribution in [2.24, 2.45) is 0 Å². The van der Waals surface area contributed by atoms with Gasteiger partial charge in [0.25, 0.3) is 0 Å². The van der Waals surface area contributed by atoms with E-state index in [1.165, 1.54) is 0 Å². The number of carboxylic acid groups (broad SMARTS) is 1. The van der Waals surface area contributed by atoms with Crippen LogP contribution in [0.25, 0.3) is 11.0 Å². The summed E-state index contributed by atoms with van der Waals surface area (Å²) in [6.07, 6.45) is 3.02. The van der Waals surface area contributed by atoms with Crippen LogP contribution in [0.5, 0.6) is 0 Å². The molecular weight excluding hydrogens is 426 g/mol. The van der Waals surface area contributed by atoms with E-state index >= 15 is 0 Å². The standard InChI is InChI=1S/C19H28BrN5O3/c1-11(26)7-21-14-9-23-17-15(14)16(13(20)8-22-17)24-6-5-12(10-24)25(18(27)28)19(2,3)4/h8-9,11-12,21,26H,5-7,10H2,1-4H3,(H,22,23)(H,27,28)/t11-,12+/m0/s1. The molecule has 3 rings (SSSR count). The first-order chi connectivity index (χ1) is 13.1. The van der Waals surface area contributed by atoms with Crippen molar-refractivity contribution in [1.82, 2.24) is 14.9 Å². The largest absolute Gasteiger partial charge is 0.465 e. The average Bonchev–Trinajstić information content (AvgIpc) is 3.18. The van der Waals surface area contributed by atoms with Gasteiger partial charge in [-0.1, -0.05) is 0 Å². The van der Waals surface area contributed by atoms with Crippen LogP contribution in [0.15, 0.2) is 16.9 Å². The van der Waals surface area contributed by atoms with Gasteiger partial charge >= 0.3 is 6.09 Å². The number of carbonyl (C=O) groups is 1. The van der Waals surface area contributed by atoms with Gasteiger partial charge < -0.3 is 25.4 Å². The molecule has 9 heteroatoms. The summed E-state index contributed by atoms with van der Waals surface area (Å²) in [5.74, 6) is 0. The number of amides is 1. The number of nitrogens with one attached hydrogen (secondary N) is 2. The normalized spacial score (nSPS) is 18.5. The Hall–Kier alpha value is -2.00. The van der Waals surface area contributed by atoms with Gasteiger partial charge in [0, 0.05) is 37.6 Å². The molecule has 0 bridgehead atoms. The lowest BCUT2D eigenvalue weighted by molar-refractivity contribution is 0.0763. The summed E-state index contributed by atoms with van der Waals surface area (Å²) < 4.78 is 0.859. The summed E-state index contributed by atoms with van der Waals surface area (Å²) in [5.41, 5.74) is 2.14. The first kappa shape index (κ1) is 20.7. The lowest BCUT2D eigenvalue weighted by atomic mass is 10.0. The van der Waals surface area contributed by atoms with Crippen molar-refractivity contribution in [1.29, 1.82) is 0 Å². The highest BCUT2D eigenvalue weighted by molar-refractivity contribution is 9.10. The number of aromatic nitrogens is 2. The van der Waals surface area contributed by atoms with Gasteiger partial charge in [-0.3, -0.25) is 4.90 Å². The lowest BCUT2D eigenvalue weighted by Crippen LogP contribution is -2.52. The monoisotopic (exact) mass is 453 g/mol. The zero-order valence-corrected chi connectivity index (χ0v) is 18.2. The highest BCUT2D eigenvalue weighted by Crippen LogP contribution is 2.40. The maximum Gasteiger partial charge on any atom is 0.408 e. The summed E-state index contributed by atoms with van der Waals surface area (Å²) in [7, 11) is 0. The Kier molecular flexibility index (Phi) is 5.77. The molecule has 0 spiro atoms. The Balaban J connectivity index is 1.94. The van der Waals surface area contributed by atoms with Crippen LogP contribution in [0.2, 0.25) is 0 Å². The summed E-state index contributed by atoms with van der Waals surface area (Å²) in [6.45, 7) is 9.30. The molecule has 0 saturated carbocycles. The second kappa shape index (κ2) is 7.79. The number of rotatable bonds is 5. The Morgan fingerprint density at radius 3 is 2.86 bits per heavy atom. The molecule has 1 aliphatic rings. The summed E-state index contributed by atoms with van der Waals surface area (Å²) in [6, 6.07) is -0.0829. The number of aromatic amines is 1. The molecule has 154 valence electrons. The molecule has 28 heavy (non-hydrogen) atoms. The summed E-state index contributed by atoms with van der Waals surface area (Å²) in [5, 5.41) is 23.5. The molecule has 2 atom stereocenters. The Morgan fingerprint density at radius 1 is 1.54 bits per heavy atom. The van der Waals surface area contributed by atoms with E-state index < -0.39 is 17.7 Å². The van der Waals surface area contributed by atoms with Gasteiger partial charge in [-0.15, -0.1) is 0 Å². The fourth-order valence-electron chi connectivity index (χ4n) is 3.91. The zero-order chi connectivity index (χ0) is 20.6. The number of pyridine rings is 1. The molecular formula is C19H28BrN5O3. The second-order valence-corrected chi connectivity index (χ2v) is 9.18. The lowest BCUT2D eigenvalue weighted by Gasteiger charge is -2.38. The molecule has 4 N–H and O–H groups in total. The molecule has 0 radical (unpaired) electrons. The maximum absolute atomic E-state index is 11.9. The molecule has 1 aliphatic heterocycles. The van der Waals surface area contributed by atoms with Crippen molar-refractivity contribution in [2.45, 2.75) is 51.8 Å². The SMILES string of the molecule is C[C@H](O)CNc1c[nH]c2ncc(Br)c(N3CC[C@@H](N(C(=O)O)C(C)(C)C)C3)c12. The molecule has 2 aromatic heterocycles. The molecule has 1 saturated heterocycles. The quantitative estimate of drug-likeness (QED) is 0.552. The van der Waals surface area contributed by atoms with Crippen LogP contribution in [0.3, 0.4) is 0 Å². The number of hydrogen-bond donors (Lipinski definition) is 4. The Bertz CT molecular complexity index is 861. The van der Waals surface area contributed by atoms with Crippen LogP contribution in [0.1, 0.15) is 34.1 Å². The second-order valence-electron chi connectivity index (χ2n) is 8.32. The van der Waals surface area contributed by atoms with Crippen molar-refractivity contribution in [2.75, 3.05) is 29.9 Å². The van der Waals surface area contributed by atoms with Crippen LogP contribution in [-0.2, 0) is 0 Å². The van der Waals surface area contributed by atoms with E-state index in [9.17, 15) is 15.0 Å². The van der Waals surface area contributed by atoms with Crippen molar-refractivity contribution < 1.29 is 15.0 Å². The Morgan fingerprint density at radius 2 is 2.25 bits per heavy atom. The number of anilines is 2. The van der Waals surface area contributed by atoms with Crippen molar-refractivity contribution >= 4 is 44.4 Å². The first-order valence-electron chi connectivity index (χ1n) is 9.44. The fourth-order valence-corrected chi connectivity index (χ4v) is 4.46. The van der Waals surface area contributed by atoms with Gasteiger partial charge in [0.1, 0.15) is 5.65 Å².